The number of carbonyl (C=O) groups is 1. The lowest BCUT2D eigenvalue weighted by Gasteiger charge is -2.29. The van der Waals surface area contributed by atoms with Crippen LogP contribution in [0.5, 0.6) is 11.5 Å². The minimum atomic E-state index is -0.653. The summed E-state index contributed by atoms with van der Waals surface area (Å²) in [6.45, 7) is 10.1. The van der Waals surface area contributed by atoms with Gasteiger partial charge in [-0.2, -0.15) is 4.98 Å². The first kappa shape index (κ1) is 33.8. The van der Waals surface area contributed by atoms with E-state index in [9.17, 15) is 9.18 Å². The molecule has 5 rings (SSSR count). The number of nitrogens with zero attached hydrogens (tertiary/aromatic N) is 3. The fourth-order valence-electron chi connectivity index (χ4n) is 5.14. The van der Waals surface area contributed by atoms with Crippen molar-refractivity contribution in [2.45, 2.75) is 65.3 Å². The number of unbranched alkanes of at least 4 members (excludes halogenated alkanes) is 1. The topological polar surface area (TPSA) is 90.3 Å². The van der Waals surface area contributed by atoms with Gasteiger partial charge in [-0.15, -0.1) is 5.10 Å². The number of ether oxygens (including phenoxy) is 2. The SMILES string of the molecule is CCCCSc1nc2n(n1)C(c1cc(Br)c(OCc3c(F)cccc3Cl)c(OCC)c1)C(C(=O)Nc1cccc(C)c1C)=C(C)N2. The molecule has 0 saturated carbocycles. The minimum absolute atomic E-state index is 0.106. The molecule has 1 unspecified atom stereocenters. The number of benzene rings is 3. The first-order valence-corrected chi connectivity index (χ1v) is 17.2. The van der Waals surface area contributed by atoms with Crippen LogP contribution < -0.4 is 20.1 Å². The number of halogens is 3. The highest BCUT2D eigenvalue weighted by molar-refractivity contribution is 9.10. The van der Waals surface area contributed by atoms with Crippen LogP contribution in [0.15, 0.2) is 69.4 Å². The Kier molecular flexibility index (Phi) is 11.0. The molecule has 0 saturated heterocycles. The number of thioether (sulfide) groups is 1. The van der Waals surface area contributed by atoms with E-state index in [1.807, 2.05) is 58.0 Å². The molecule has 2 heterocycles. The zero-order valence-electron chi connectivity index (χ0n) is 26.3. The normalized spacial score (nSPS) is 14.1. The van der Waals surface area contributed by atoms with Crippen molar-refractivity contribution < 1.29 is 18.7 Å². The summed E-state index contributed by atoms with van der Waals surface area (Å²) in [5, 5.41) is 12.2. The molecule has 0 aliphatic carbocycles. The lowest BCUT2D eigenvalue weighted by atomic mass is 9.94. The summed E-state index contributed by atoms with van der Waals surface area (Å²) in [6.07, 6.45) is 2.10. The van der Waals surface area contributed by atoms with Crippen LogP contribution in [0.3, 0.4) is 0 Å². The molecule has 3 aromatic carbocycles. The van der Waals surface area contributed by atoms with Gasteiger partial charge in [-0.1, -0.05) is 54.9 Å². The second-order valence-electron chi connectivity index (χ2n) is 10.9. The summed E-state index contributed by atoms with van der Waals surface area (Å²) in [5.74, 6) is 1.50. The molecule has 0 fully saturated rings. The van der Waals surface area contributed by atoms with E-state index < -0.39 is 11.9 Å². The van der Waals surface area contributed by atoms with Gasteiger partial charge in [0.2, 0.25) is 11.1 Å². The maximum Gasteiger partial charge on any atom is 0.255 e. The Hall–Kier alpha value is -3.54. The van der Waals surface area contributed by atoms with E-state index in [1.165, 1.54) is 6.07 Å². The van der Waals surface area contributed by atoms with Gasteiger partial charge in [-0.3, -0.25) is 4.79 Å². The van der Waals surface area contributed by atoms with Crippen molar-refractivity contribution in [3.05, 3.63) is 97.4 Å². The van der Waals surface area contributed by atoms with Gasteiger partial charge in [0.1, 0.15) is 18.5 Å². The highest BCUT2D eigenvalue weighted by atomic mass is 79.9. The van der Waals surface area contributed by atoms with E-state index in [0.717, 1.165) is 41.0 Å². The molecule has 0 radical (unpaired) electrons. The third-order valence-electron chi connectivity index (χ3n) is 7.73. The Morgan fingerprint density at radius 2 is 1.93 bits per heavy atom. The number of aryl methyl sites for hydroxylation is 1. The molecule has 4 aromatic rings. The second-order valence-corrected chi connectivity index (χ2v) is 13.2. The molecule has 1 atom stereocenters. The summed E-state index contributed by atoms with van der Waals surface area (Å²) in [4.78, 5) is 18.9. The summed E-state index contributed by atoms with van der Waals surface area (Å²) < 4.78 is 29.0. The minimum Gasteiger partial charge on any atom is -0.490 e. The molecule has 0 spiro atoms. The maximum absolute atomic E-state index is 14.5. The molecule has 1 aliphatic rings. The predicted molar refractivity (Wildman–Crippen MR) is 186 cm³/mol. The molecular weight excluding hydrogens is 693 g/mol. The number of hydrogen-bond donors (Lipinski definition) is 2. The van der Waals surface area contributed by atoms with Crippen LogP contribution in [0.25, 0.3) is 0 Å². The van der Waals surface area contributed by atoms with Crippen molar-refractivity contribution in [1.29, 1.82) is 0 Å². The fraction of sp³-hybridized carbons (Fsp3) is 0.324. The Morgan fingerprint density at radius 3 is 2.67 bits per heavy atom. The number of anilines is 2. The van der Waals surface area contributed by atoms with E-state index in [-0.39, 0.29) is 23.1 Å². The van der Waals surface area contributed by atoms with E-state index in [1.54, 1.807) is 28.6 Å². The van der Waals surface area contributed by atoms with E-state index in [0.29, 0.717) is 45.0 Å². The summed E-state index contributed by atoms with van der Waals surface area (Å²) >= 11 is 11.5. The number of carbonyl (C=O) groups excluding carboxylic acids is 1. The van der Waals surface area contributed by atoms with E-state index >= 15 is 0 Å². The molecule has 1 aromatic heterocycles. The lowest BCUT2D eigenvalue weighted by Crippen LogP contribution is -2.31. The van der Waals surface area contributed by atoms with Gasteiger partial charge < -0.3 is 20.1 Å². The third kappa shape index (κ3) is 7.21. The number of rotatable bonds is 12. The van der Waals surface area contributed by atoms with Gasteiger partial charge >= 0.3 is 0 Å². The van der Waals surface area contributed by atoms with E-state index in [4.69, 9.17) is 31.2 Å². The van der Waals surface area contributed by atoms with Crippen molar-refractivity contribution in [1.82, 2.24) is 14.8 Å². The van der Waals surface area contributed by atoms with Gasteiger partial charge in [0.05, 0.1) is 21.7 Å². The molecule has 12 heteroatoms. The number of fused-ring (bicyclic) bond motifs is 1. The predicted octanol–water partition coefficient (Wildman–Crippen LogP) is 9.25. The number of aromatic nitrogens is 3. The Balaban J connectivity index is 1.58. The number of hydrogen-bond acceptors (Lipinski definition) is 7. The standard InChI is InChI=1S/C34H36BrClFN5O3S/c1-6-8-15-46-34-40-33-38-21(5)29(32(43)39-27-14-9-11-19(3)20(27)4)30(42(33)41-34)22-16-24(35)31(28(17-22)44-7-2)45-18-23-25(36)12-10-13-26(23)37/h9-14,16-17,30H,6-8,15,18H2,1-5H3,(H,39,43)(H,38,40,41). The summed E-state index contributed by atoms with van der Waals surface area (Å²) in [5.41, 5.74) is 4.89. The van der Waals surface area contributed by atoms with Crippen molar-refractivity contribution in [3.63, 3.8) is 0 Å². The Bertz CT molecular complexity index is 1780. The van der Waals surface area contributed by atoms with Gasteiger partial charge in [-0.25, -0.2) is 9.07 Å². The zero-order chi connectivity index (χ0) is 33.0. The second kappa shape index (κ2) is 14.9. The van der Waals surface area contributed by atoms with Crippen molar-refractivity contribution >= 4 is 56.8 Å². The molecule has 1 amide bonds. The summed E-state index contributed by atoms with van der Waals surface area (Å²) in [7, 11) is 0. The fourth-order valence-corrected chi connectivity index (χ4v) is 6.85. The number of amides is 1. The van der Waals surface area contributed by atoms with Crippen LogP contribution in [0.4, 0.5) is 16.0 Å². The molecule has 8 nitrogen and oxygen atoms in total. The maximum atomic E-state index is 14.5. The van der Waals surface area contributed by atoms with Gasteiger partial charge in [0, 0.05) is 22.7 Å². The molecule has 0 bridgehead atoms. The van der Waals surface area contributed by atoms with Crippen LogP contribution in [0.2, 0.25) is 5.02 Å². The molecule has 46 heavy (non-hydrogen) atoms. The van der Waals surface area contributed by atoms with Crippen molar-refractivity contribution in [2.24, 2.45) is 0 Å². The first-order chi connectivity index (χ1) is 22.1. The van der Waals surface area contributed by atoms with E-state index in [2.05, 4.69) is 33.5 Å². The molecule has 2 N–H and O–H groups in total. The number of allylic oxidation sites excluding steroid dienone is 1. The van der Waals surface area contributed by atoms with Crippen LogP contribution in [0.1, 0.15) is 61.9 Å². The smallest absolute Gasteiger partial charge is 0.255 e. The van der Waals surface area contributed by atoms with Gasteiger partial charge in [0.15, 0.2) is 11.5 Å². The van der Waals surface area contributed by atoms with Crippen LogP contribution in [-0.2, 0) is 11.4 Å². The van der Waals surface area contributed by atoms with Gasteiger partial charge in [-0.05, 0) is 97.1 Å². The highest BCUT2D eigenvalue weighted by Gasteiger charge is 2.36. The van der Waals surface area contributed by atoms with Crippen LogP contribution >= 0.6 is 39.3 Å². The van der Waals surface area contributed by atoms with Crippen LogP contribution in [-0.4, -0.2) is 33.0 Å². The average Bonchev–Trinajstić information content (AvgIpc) is 3.41. The Morgan fingerprint density at radius 1 is 1.15 bits per heavy atom. The third-order valence-corrected chi connectivity index (χ3v) is 9.60. The zero-order valence-corrected chi connectivity index (χ0v) is 29.5. The highest BCUT2D eigenvalue weighted by Crippen LogP contribution is 2.44. The first-order valence-electron chi connectivity index (χ1n) is 15.1. The van der Waals surface area contributed by atoms with Crippen LogP contribution in [0, 0.1) is 19.7 Å². The van der Waals surface area contributed by atoms with Gasteiger partial charge in [0.25, 0.3) is 5.91 Å². The molecular formula is C34H36BrClFN5O3S. The monoisotopic (exact) mass is 727 g/mol. The average molecular weight is 729 g/mol. The van der Waals surface area contributed by atoms with Crippen molar-refractivity contribution in [2.75, 3.05) is 23.0 Å². The summed E-state index contributed by atoms with van der Waals surface area (Å²) in [6, 6.07) is 13.4. The quantitative estimate of drug-likeness (QED) is 0.111. The Labute approximate surface area is 286 Å². The molecule has 242 valence electrons. The largest absolute Gasteiger partial charge is 0.490 e. The number of nitrogens with one attached hydrogen (secondary N) is 2. The molecule has 1 aliphatic heterocycles. The lowest BCUT2D eigenvalue weighted by molar-refractivity contribution is -0.113. The van der Waals surface area contributed by atoms with Crippen molar-refractivity contribution in [3.8, 4) is 11.5 Å².